The van der Waals surface area contributed by atoms with E-state index in [2.05, 4.69) is 40.9 Å². The summed E-state index contributed by atoms with van der Waals surface area (Å²) >= 11 is 0. The first-order valence-electron chi connectivity index (χ1n) is 15.2. The van der Waals surface area contributed by atoms with Crippen molar-refractivity contribution >= 4 is 40.5 Å². The number of pyridine rings is 1. The Morgan fingerprint density at radius 1 is 1.22 bits per heavy atom. The Morgan fingerprint density at radius 3 is 2.61 bits per heavy atom. The molecule has 0 spiro atoms. The number of nitrogens with one attached hydrogen (secondary N) is 1. The number of esters is 1. The van der Waals surface area contributed by atoms with Crippen molar-refractivity contribution in [3.05, 3.63) is 57.5 Å². The van der Waals surface area contributed by atoms with Gasteiger partial charge in [-0.05, 0) is 59.3 Å². The van der Waals surface area contributed by atoms with E-state index in [0.717, 1.165) is 17.8 Å². The lowest BCUT2D eigenvalue weighted by atomic mass is 9.91. The van der Waals surface area contributed by atoms with Crippen molar-refractivity contribution in [1.82, 2.24) is 19.9 Å². The zero-order chi connectivity index (χ0) is 33.3. The van der Waals surface area contributed by atoms with Crippen LogP contribution in [-0.2, 0) is 10.2 Å². The van der Waals surface area contributed by atoms with Gasteiger partial charge in [-0.15, -0.1) is 0 Å². The number of methoxy groups -OCH3 is 1. The summed E-state index contributed by atoms with van der Waals surface area (Å²) in [5, 5.41) is 15.4. The summed E-state index contributed by atoms with van der Waals surface area (Å²) in [4.78, 5) is 45.2. The molecule has 5 rings (SSSR count). The van der Waals surface area contributed by atoms with E-state index in [9.17, 15) is 14.9 Å². The van der Waals surface area contributed by atoms with Crippen molar-refractivity contribution in [1.29, 1.82) is 0 Å². The third kappa shape index (κ3) is 6.39. The van der Waals surface area contributed by atoms with Crippen LogP contribution in [0, 0.1) is 22.0 Å². The molecule has 2 aromatic heterocycles. The molecule has 46 heavy (non-hydrogen) atoms. The number of nitrogens with zero attached hydrogens (tertiary/aromatic N) is 7. The van der Waals surface area contributed by atoms with Crippen molar-refractivity contribution in [3.8, 4) is 17.6 Å². The predicted octanol–water partition coefficient (Wildman–Crippen LogP) is 5.04. The summed E-state index contributed by atoms with van der Waals surface area (Å²) in [5.41, 5.74) is 2.80. The Morgan fingerprint density at radius 2 is 1.98 bits per heavy atom. The minimum Gasteiger partial charge on any atom is -0.494 e. The van der Waals surface area contributed by atoms with Gasteiger partial charge in [0.1, 0.15) is 22.7 Å². The summed E-state index contributed by atoms with van der Waals surface area (Å²) in [6.07, 6.45) is 1.95. The first-order chi connectivity index (χ1) is 21.8. The number of hydrogen-bond acceptors (Lipinski definition) is 12. The van der Waals surface area contributed by atoms with Gasteiger partial charge in [-0.2, -0.15) is 4.98 Å². The second-order valence-electron chi connectivity index (χ2n) is 12.6. The fourth-order valence-electron chi connectivity index (χ4n) is 5.90. The van der Waals surface area contributed by atoms with E-state index in [1.807, 2.05) is 36.0 Å². The number of hydrogen-bond donors (Lipinski definition) is 1. The molecule has 1 saturated heterocycles. The zero-order valence-corrected chi connectivity index (χ0v) is 27.5. The summed E-state index contributed by atoms with van der Waals surface area (Å²) in [6.45, 7) is 11.3. The smallest absolute Gasteiger partial charge is 0.343 e. The number of benzene rings is 1. The highest BCUT2D eigenvalue weighted by Gasteiger charge is 2.40. The molecule has 0 aliphatic carbocycles. The molecule has 0 radical (unpaired) electrons. The molecule has 1 fully saturated rings. The molecule has 0 saturated carbocycles. The Bertz CT molecular complexity index is 1730. The summed E-state index contributed by atoms with van der Waals surface area (Å²) in [5.74, 6) is 6.18. The first-order valence-corrected chi connectivity index (χ1v) is 15.2. The predicted molar refractivity (Wildman–Crippen MR) is 177 cm³/mol. The van der Waals surface area contributed by atoms with Gasteiger partial charge in [-0.25, -0.2) is 14.8 Å². The number of nitro benzene ring substituents is 1. The highest BCUT2D eigenvalue weighted by Crippen LogP contribution is 2.45. The van der Waals surface area contributed by atoms with E-state index < -0.39 is 10.9 Å². The largest absolute Gasteiger partial charge is 0.494 e. The Labute approximate surface area is 269 Å². The van der Waals surface area contributed by atoms with Gasteiger partial charge in [0.2, 0.25) is 5.95 Å². The van der Waals surface area contributed by atoms with Crippen molar-refractivity contribution < 1.29 is 19.2 Å². The second-order valence-corrected chi connectivity index (χ2v) is 12.6. The van der Waals surface area contributed by atoms with Crippen LogP contribution in [0.4, 0.5) is 34.5 Å². The molecule has 242 valence electrons. The average Bonchev–Trinajstić information content (AvgIpc) is 3.60. The molecule has 2 aliphatic heterocycles. The SMILES string of the molecule is CC#Cc1ccc2c(n1)C(C)(C)CN2c1nc(Nc2cc([N+](=O)[O-])c(N3CC[C@@H](N(C)C)C3)cc2OC)ncc1C(=O)OC(C)C. The molecular formula is C33H40N8O5. The number of aromatic nitrogens is 3. The number of anilines is 5. The highest BCUT2D eigenvalue weighted by atomic mass is 16.6. The van der Waals surface area contributed by atoms with Crippen LogP contribution in [0.15, 0.2) is 30.5 Å². The molecule has 1 atom stereocenters. The van der Waals surface area contributed by atoms with Crippen LogP contribution in [-0.4, -0.2) is 83.7 Å². The van der Waals surface area contributed by atoms with E-state index in [1.54, 1.807) is 26.8 Å². The molecule has 4 heterocycles. The number of rotatable bonds is 9. The molecule has 0 amide bonds. The Balaban J connectivity index is 1.57. The number of likely N-dealkylation sites (N-methyl/N-ethyl adjacent to an activating group) is 1. The van der Waals surface area contributed by atoms with Gasteiger partial charge in [-0.1, -0.05) is 19.8 Å². The van der Waals surface area contributed by atoms with Gasteiger partial charge in [0, 0.05) is 49.4 Å². The molecule has 0 bridgehead atoms. The lowest BCUT2D eigenvalue weighted by Gasteiger charge is -2.24. The van der Waals surface area contributed by atoms with Crippen LogP contribution in [0.3, 0.4) is 0 Å². The van der Waals surface area contributed by atoms with Crippen LogP contribution in [0.5, 0.6) is 5.75 Å². The van der Waals surface area contributed by atoms with E-state index in [1.165, 1.54) is 19.4 Å². The molecule has 0 unspecified atom stereocenters. The van der Waals surface area contributed by atoms with Crippen molar-refractivity contribution in [2.45, 2.75) is 58.6 Å². The van der Waals surface area contributed by atoms with Gasteiger partial charge >= 0.3 is 5.97 Å². The number of fused-ring (bicyclic) bond motifs is 1. The highest BCUT2D eigenvalue weighted by molar-refractivity contribution is 5.96. The maximum Gasteiger partial charge on any atom is 0.343 e. The number of ether oxygens (including phenoxy) is 2. The van der Waals surface area contributed by atoms with E-state index in [4.69, 9.17) is 19.4 Å². The quantitative estimate of drug-likeness (QED) is 0.147. The van der Waals surface area contributed by atoms with Crippen molar-refractivity contribution in [2.24, 2.45) is 0 Å². The third-order valence-electron chi connectivity index (χ3n) is 8.17. The van der Waals surface area contributed by atoms with Gasteiger partial charge in [0.05, 0.1) is 35.2 Å². The monoisotopic (exact) mass is 628 g/mol. The van der Waals surface area contributed by atoms with Crippen LogP contribution < -0.4 is 19.9 Å². The van der Waals surface area contributed by atoms with E-state index >= 15 is 0 Å². The topological polar surface area (TPSA) is 139 Å². The van der Waals surface area contributed by atoms with Gasteiger partial charge < -0.3 is 29.5 Å². The van der Waals surface area contributed by atoms with Crippen LogP contribution in [0.2, 0.25) is 0 Å². The Kier molecular flexibility index (Phi) is 9.03. The minimum absolute atomic E-state index is 0.0627. The molecular weight excluding hydrogens is 588 g/mol. The number of nitro groups is 1. The number of carbonyl (C=O) groups excluding carboxylic acids is 1. The minimum atomic E-state index is -0.566. The van der Waals surface area contributed by atoms with Crippen LogP contribution in [0.25, 0.3) is 0 Å². The van der Waals surface area contributed by atoms with Gasteiger partial charge in [-0.3, -0.25) is 10.1 Å². The standard InChI is InChI=1S/C33H40N8O5/c1-9-10-21-11-12-25-29(35-21)33(4,5)19-40(25)30-23(31(42)46-20(2)3)17-34-32(37-30)36-24-15-27(41(43)44)26(16-28(24)45-8)39-14-13-22(18-39)38(6)7/h11-12,15-17,20,22H,13-14,18-19H2,1-8H3,(H,34,36,37)/t22-/m1/s1. The summed E-state index contributed by atoms with van der Waals surface area (Å²) in [7, 11) is 5.52. The zero-order valence-electron chi connectivity index (χ0n) is 27.5. The van der Waals surface area contributed by atoms with Crippen LogP contribution >= 0.6 is 0 Å². The second kappa shape index (κ2) is 12.8. The van der Waals surface area contributed by atoms with Crippen LogP contribution in [0.1, 0.15) is 62.8 Å². The Hall–Kier alpha value is -4.96. The summed E-state index contributed by atoms with van der Waals surface area (Å²) in [6, 6.07) is 7.17. The first kappa shape index (κ1) is 32.4. The molecule has 13 nitrogen and oxygen atoms in total. The lowest BCUT2D eigenvalue weighted by molar-refractivity contribution is -0.384. The normalized spacial score (nSPS) is 16.7. The molecule has 3 aromatic rings. The summed E-state index contributed by atoms with van der Waals surface area (Å²) < 4.78 is 11.2. The molecule has 1 aromatic carbocycles. The van der Waals surface area contributed by atoms with Crippen molar-refractivity contribution in [3.63, 3.8) is 0 Å². The maximum atomic E-state index is 13.3. The van der Waals surface area contributed by atoms with E-state index in [-0.39, 0.29) is 34.8 Å². The third-order valence-corrected chi connectivity index (χ3v) is 8.17. The maximum absolute atomic E-state index is 13.3. The van der Waals surface area contributed by atoms with E-state index in [0.29, 0.717) is 48.3 Å². The lowest BCUT2D eigenvalue weighted by Crippen LogP contribution is -2.31. The van der Waals surface area contributed by atoms with Crippen molar-refractivity contribution in [2.75, 3.05) is 56.0 Å². The fourth-order valence-corrected chi connectivity index (χ4v) is 5.90. The molecule has 2 aliphatic rings. The number of carbonyl (C=O) groups is 1. The average molecular weight is 629 g/mol. The van der Waals surface area contributed by atoms with Gasteiger partial charge in [0.15, 0.2) is 5.82 Å². The molecule has 1 N–H and O–H groups in total. The molecule has 13 heteroatoms. The fraction of sp³-hybridized carbons (Fsp3) is 0.455. The van der Waals surface area contributed by atoms with Gasteiger partial charge in [0.25, 0.3) is 5.69 Å².